The number of ether oxygens (including phenoxy) is 1. The Labute approximate surface area is 227 Å². The fourth-order valence-electron chi connectivity index (χ4n) is 6.74. The van der Waals surface area contributed by atoms with Crippen LogP contribution >= 0.6 is 11.8 Å². The van der Waals surface area contributed by atoms with Gasteiger partial charge in [0, 0.05) is 30.5 Å². The van der Waals surface area contributed by atoms with Crippen LogP contribution in [0.2, 0.25) is 0 Å². The van der Waals surface area contributed by atoms with Gasteiger partial charge in [0.05, 0.1) is 23.2 Å². The summed E-state index contributed by atoms with van der Waals surface area (Å²) in [6.45, 7) is 15.2. The second kappa shape index (κ2) is 12.8. The van der Waals surface area contributed by atoms with Gasteiger partial charge in [0.2, 0.25) is 11.8 Å². The van der Waals surface area contributed by atoms with Crippen LogP contribution in [0.3, 0.4) is 0 Å². The number of hydrogen-bond acceptors (Lipinski definition) is 6. The molecule has 2 amide bonds. The number of carbonyl (C=O) groups is 3. The molecule has 208 valence electrons. The van der Waals surface area contributed by atoms with E-state index in [0.717, 1.165) is 51.4 Å². The first kappa shape index (κ1) is 29.8. The average molecular weight is 535 g/mol. The minimum Gasteiger partial charge on any atom is -0.465 e. The van der Waals surface area contributed by atoms with E-state index in [1.54, 1.807) is 28.8 Å². The highest BCUT2D eigenvalue weighted by Crippen LogP contribution is 2.71. The standard InChI is InChI=1S/C29H46N2O5S/c1-6-9-20-36-27(35)23-22-25(33)31(18-12-10-11-13-19-32)24(29(22)16-15-28(23,5)37-29)26(34)30(17-8-3)21(4)14-7-2/h6,8,21-24,32H,1,3,7,9-20H2,2,4-5H3/t21?,22-,23+,24?,28-,29?/m0/s1. The Bertz CT molecular complexity index is 865. The number of fused-ring (bicyclic) bond motifs is 1. The molecule has 0 aromatic carbocycles. The van der Waals surface area contributed by atoms with Gasteiger partial charge in [-0.3, -0.25) is 14.4 Å². The van der Waals surface area contributed by atoms with E-state index in [-0.39, 0.29) is 37.0 Å². The summed E-state index contributed by atoms with van der Waals surface area (Å²) >= 11 is 1.69. The highest BCUT2D eigenvalue weighted by Gasteiger charge is 2.77. The number of thioether (sulfide) groups is 1. The number of likely N-dealkylation sites (tertiary alicyclic amines) is 1. The molecule has 0 aromatic rings. The van der Waals surface area contributed by atoms with Crippen LogP contribution in [0, 0.1) is 11.8 Å². The minimum atomic E-state index is -0.624. The van der Waals surface area contributed by atoms with Gasteiger partial charge in [-0.05, 0) is 52.4 Å². The van der Waals surface area contributed by atoms with Crippen LogP contribution in [0.15, 0.2) is 25.3 Å². The molecule has 3 unspecified atom stereocenters. The number of hydrogen-bond donors (Lipinski definition) is 1. The Balaban J connectivity index is 1.97. The summed E-state index contributed by atoms with van der Waals surface area (Å²) in [6, 6.07) is -0.564. The molecule has 0 aliphatic carbocycles. The lowest BCUT2D eigenvalue weighted by Crippen LogP contribution is -2.56. The first-order valence-electron chi connectivity index (χ1n) is 14.0. The number of nitrogens with zero attached hydrogens (tertiary/aromatic N) is 2. The van der Waals surface area contributed by atoms with Crippen molar-refractivity contribution < 1.29 is 24.2 Å². The molecule has 0 aromatic heterocycles. The largest absolute Gasteiger partial charge is 0.465 e. The topological polar surface area (TPSA) is 87.1 Å². The van der Waals surface area contributed by atoms with Crippen LogP contribution in [-0.2, 0) is 19.1 Å². The summed E-state index contributed by atoms with van der Waals surface area (Å²) in [7, 11) is 0. The molecule has 0 saturated carbocycles. The Morgan fingerprint density at radius 3 is 2.62 bits per heavy atom. The smallest absolute Gasteiger partial charge is 0.311 e. The lowest BCUT2D eigenvalue weighted by molar-refractivity contribution is -0.155. The summed E-state index contributed by atoms with van der Waals surface area (Å²) < 4.78 is 4.58. The Morgan fingerprint density at radius 2 is 1.97 bits per heavy atom. The van der Waals surface area contributed by atoms with Gasteiger partial charge >= 0.3 is 5.97 Å². The summed E-state index contributed by atoms with van der Waals surface area (Å²) in [5.41, 5.74) is 0. The van der Waals surface area contributed by atoms with E-state index in [2.05, 4.69) is 33.9 Å². The van der Waals surface area contributed by atoms with Crippen molar-refractivity contribution in [2.24, 2.45) is 11.8 Å². The minimum absolute atomic E-state index is 0.0236. The van der Waals surface area contributed by atoms with E-state index >= 15 is 0 Å². The van der Waals surface area contributed by atoms with E-state index in [4.69, 9.17) is 9.84 Å². The molecule has 3 heterocycles. The molecule has 1 spiro atoms. The maximum absolute atomic E-state index is 14.4. The van der Waals surface area contributed by atoms with Gasteiger partial charge in [0.15, 0.2) is 0 Å². The summed E-state index contributed by atoms with van der Waals surface area (Å²) in [4.78, 5) is 45.5. The Kier molecular flexibility index (Phi) is 10.3. The van der Waals surface area contributed by atoms with Crippen LogP contribution in [0.4, 0.5) is 0 Å². The molecule has 37 heavy (non-hydrogen) atoms. The van der Waals surface area contributed by atoms with Crippen molar-refractivity contribution in [2.75, 3.05) is 26.3 Å². The number of aliphatic hydroxyl groups excluding tert-OH is 1. The van der Waals surface area contributed by atoms with Crippen molar-refractivity contribution in [3.8, 4) is 0 Å². The van der Waals surface area contributed by atoms with Crippen LogP contribution in [0.1, 0.15) is 78.6 Å². The normalized spacial score (nSPS) is 30.8. The van der Waals surface area contributed by atoms with Gasteiger partial charge in [-0.25, -0.2) is 0 Å². The SMILES string of the molecule is C=CCCOC(=O)[C@H]1[C@H]2C(=O)N(CCCCCCO)C(C(=O)N(CC=C)C(C)CCC)C23CC[C@]1(C)S3. The number of amides is 2. The number of esters is 1. The van der Waals surface area contributed by atoms with Gasteiger partial charge in [-0.2, -0.15) is 0 Å². The fraction of sp³-hybridized carbons (Fsp3) is 0.759. The zero-order valence-electron chi connectivity index (χ0n) is 23.0. The van der Waals surface area contributed by atoms with Gasteiger partial charge in [0.1, 0.15) is 6.04 Å². The van der Waals surface area contributed by atoms with Gasteiger partial charge in [-0.1, -0.05) is 38.3 Å². The Hall–Kier alpha value is -1.80. The maximum Gasteiger partial charge on any atom is 0.311 e. The third-order valence-electron chi connectivity index (χ3n) is 8.49. The average Bonchev–Trinajstić information content (AvgIpc) is 3.43. The summed E-state index contributed by atoms with van der Waals surface area (Å²) in [5.74, 6) is -1.53. The second-order valence-corrected chi connectivity index (χ2v) is 13.0. The third-order valence-corrected chi connectivity index (χ3v) is 10.5. The van der Waals surface area contributed by atoms with Crippen molar-refractivity contribution in [1.29, 1.82) is 0 Å². The van der Waals surface area contributed by atoms with Crippen molar-refractivity contribution >= 4 is 29.5 Å². The zero-order chi connectivity index (χ0) is 27.2. The lowest BCUT2D eigenvalue weighted by atomic mass is 9.66. The number of rotatable bonds is 16. The third kappa shape index (κ3) is 5.65. The number of unbranched alkanes of at least 4 members (excludes halogenated alkanes) is 3. The van der Waals surface area contributed by atoms with E-state index in [0.29, 0.717) is 19.5 Å². The molecule has 2 bridgehead atoms. The molecule has 3 aliphatic rings. The van der Waals surface area contributed by atoms with E-state index in [9.17, 15) is 14.4 Å². The molecule has 0 radical (unpaired) electrons. The molecule has 3 rings (SSSR count). The van der Waals surface area contributed by atoms with Gasteiger partial charge in [0.25, 0.3) is 0 Å². The number of carbonyl (C=O) groups excluding carboxylic acids is 3. The zero-order valence-corrected chi connectivity index (χ0v) is 23.8. The lowest BCUT2D eigenvalue weighted by Gasteiger charge is -2.39. The molecule has 6 atom stereocenters. The molecule has 8 heteroatoms. The van der Waals surface area contributed by atoms with Crippen LogP contribution in [-0.4, -0.2) is 80.6 Å². The van der Waals surface area contributed by atoms with Crippen LogP contribution in [0.25, 0.3) is 0 Å². The maximum atomic E-state index is 14.4. The molecule has 7 nitrogen and oxygen atoms in total. The van der Waals surface area contributed by atoms with Gasteiger partial charge < -0.3 is 19.6 Å². The predicted molar refractivity (Wildman–Crippen MR) is 148 cm³/mol. The first-order valence-corrected chi connectivity index (χ1v) is 14.8. The van der Waals surface area contributed by atoms with Crippen molar-refractivity contribution in [1.82, 2.24) is 9.80 Å². The molecule has 1 N–H and O–H groups in total. The predicted octanol–water partition coefficient (Wildman–Crippen LogP) is 4.34. The van der Waals surface area contributed by atoms with Crippen LogP contribution in [0.5, 0.6) is 0 Å². The van der Waals surface area contributed by atoms with Crippen molar-refractivity contribution in [3.63, 3.8) is 0 Å². The van der Waals surface area contributed by atoms with E-state index in [1.807, 2.05) is 4.90 Å². The fourth-order valence-corrected chi connectivity index (χ4v) is 9.08. The molecule has 3 saturated heterocycles. The van der Waals surface area contributed by atoms with Gasteiger partial charge in [-0.15, -0.1) is 24.9 Å². The monoisotopic (exact) mass is 534 g/mol. The van der Waals surface area contributed by atoms with E-state index in [1.165, 1.54) is 0 Å². The number of aliphatic hydroxyl groups is 1. The molecule has 3 fully saturated rings. The molecular formula is C29H46N2O5S. The van der Waals surface area contributed by atoms with E-state index < -0.39 is 27.4 Å². The highest BCUT2D eigenvalue weighted by atomic mass is 32.2. The quantitative estimate of drug-likeness (QED) is 0.180. The highest BCUT2D eigenvalue weighted by molar-refractivity contribution is 8.02. The van der Waals surface area contributed by atoms with Crippen LogP contribution < -0.4 is 0 Å². The van der Waals surface area contributed by atoms with Crippen molar-refractivity contribution in [3.05, 3.63) is 25.3 Å². The van der Waals surface area contributed by atoms with Crippen molar-refractivity contribution in [2.45, 2.75) is 100 Å². The molecular weight excluding hydrogens is 488 g/mol. The Morgan fingerprint density at radius 1 is 1.24 bits per heavy atom. The summed E-state index contributed by atoms with van der Waals surface area (Å²) in [6.07, 6.45) is 10.7. The first-order chi connectivity index (χ1) is 17.7. The second-order valence-electron chi connectivity index (χ2n) is 11.1. The molecule has 3 aliphatic heterocycles. The summed E-state index contributed by atoms with van der Waals surface area (Å²) in [5, 5.41) is 9.13.